The van der Waals surface area contributed by atoms with Gasteiger partial charge in [-0.05, 0) is 66.2 Å². The van der Waals surface area contributed by atoms with Gasteiger partial charge in [0.15, 0.2) is 5.82 Å². The number of benzene rings is 10. The smallest absolute Gasteiger partial charge is 0.240 e. The predicted octanol–water partition coefficient (Wildman–Crippen LogP) is 15.6. The number of rotatable bonds is 6. The summed E-state index contributed by atoms with van der Waals surface area (Å²) < 4.78 is 9.23. The van der Waals surface area contributed by atoms with Gasteiger partial charge in [0.2, 0.25) is 11.9 Å². The highest BCUT2D eigenvalue weighted by Gasteiger charge is 2.27. The Morgan fingerprint density at radius 3 is 0.857 bits per heavy atom. The SMILES string of the molecule is c1ccc(-n2c3ccccc3c3ccccc32)c(-c2cccc(-n3c4ccccc4c4ccccc43)c2-c2nc(-n3c4ccccc4c4ccccc43)nc(-n3c4ccccc4c4ccccc43)n2)c1. The van der Waals surface area contributed by atoms with E-state index >= 15 is 0 Å². The molecule has 0 aliphatic rings. The summed E-state index contributed by atoms with van der Waals surface area (Å²) in [4.78, 5) is 17.0. The maximum absolute atomic E-state index is 5.73. The molecular formula is C63H39N7. The van der Waals surface area contributed by atoms with Crippen molar-refractivity contribution in [3.63, 3.8) is 0 Å². The molecule has 0 N–H and O–H groups in total. The molecule has 326 valence electrons. The van der Waals surface area contributed by atoms with Crippen molar-refractivity contribution in [1.82, 2.24) is 33.2 Å². The molecule has 7 heteroatoms. The number of aromatic nitrogens is 7. The minimum Gasteiger partial charge on any atom is -0.309 e. The van der Waals surface area contributed by atoms with Crippen LogP contribution >= 0.6 is 0 Å². The van der Waals surface area contributed by atoms with Gasteiger partial charge in [0.1, 0.15) is 0 Å². The van der Waals surface area contributed by atoms with Crippen molar-refractivity contribution >= 4 is 87.2 Å². The maximum Gasteiger partial charge on any atom is 0.240 e. The van der Waals surface area contributed by atoms with Crippen LogP contribution in [0.1, 0.15) is 0 Å². The molecular weight excluding hydrogens is 855 g/mol. The third-order valence-corrected chi connectivity index (χ3v) is 14.3. The molecule has 0 aliphatic heterocycles. The van der Waals surface area contributed by atoms with Gasteiger partial charge in [0.25, 0.3) is 0 Å². The lowest BCUT2D eigenvalue weighted by atomic mass is 9.95. The van der Waals surface area contributed by atoms with Gasteiger partial charge in [0, 0.05) is 48.7 Å². The maximum atomic E-state index is 5.73. The molecule has 0 saturated heterocycles. The van der Waals surface area contributed by atoms with Crippen LogP contribution in [0.4, 0.5) is 0 Å². The number of fused-ring (bicyclic) bond motifs is 12. The molecule has 5 heterocycles. The van der Waals surface area contributed by atoms with Gasteiger partial charge in [-0.15, -0.1) is 0 Å². The fourth-order valence-corrected chi connectivity index (χ4v) is 11.4. The molecule has 0 fully saturated rings. The van der Waals surface area contributed by atoms with Gasteiger partial charge in [-0.1, -0.05) is 176 Å². The second-order valence-corrected chi connectivity index (χ2v) is 18.0. The number of hydrogen-bond donors (Lipinski definition) is 0. The van der Waals surface area contributed by atoms with Crippen molar-refractivity contribution in [3.8, 4) is 45.8 Å². The van der Waals surface area contributed by atoms with Crippen LogP contribution in [0.15, 0.2) is 237 Å². The van der Waals surface area contributed by atoms with Crippen LogP contribution in [0.25, 0.3) is 133 Å². The highest BCUT2D eigenvalue weighted by Crippen LogP contribution is 2.44. The molecule has 0 atom stereocenters. The van der Waals surface area contributed by atoms with Crippen LogP contribution in [0.5, 0.6) is 0 Å². The average Bonchev–Trinajstić information content (AvgIpc) is 4.16. The van der Waals surface area contributed by atoms with E-state index in [0.717, 1.165) is 93.7 Å². The molecule has 0 unspecified atom stereocenters. The Balaban J connectivity index is 1.12. The Kier molecular flexibility index (Phi) is 8.23. The summed E-state index contributed by atoms with van der Waals surface area (Å²) >= 11 is 0. The van der Waals surface area contributed by atoms with Gasteiger partial charge < -0.3 is 9.13 Å². The topological polar surface area (TPSA) is 58.4 Å². The van der Waals surface area contributed by atoms with Crippen LogP contribution in [0.2, 0.25) is 0 Å². The highest BCUT2D eigenvalue weighted by atomic mass is 15.3. The Labute approximate surface area is 401 Å². The van der Waals surface area contributed by atoms with Crippen LogP contribution in [0, 0.1) is 0 Å². The summed E-state index contributed by atoms with van der Waals surface area (Å²) in [5, 5.41) is 9.28. The summed E-state index contributed by atoms with van der Waals surface area (Å²) in [7, 11) is 0. The predicted molar refractivity (Wildman–Crippen MR) is 288 cm³/mol. The normalized spacial score (nSPS) is 12.0. The van der Waals surface area contributed by atoms with E-state index in [9.17, 15) is 0 Å². The molecule has 0 spiro atoms. The van der Waals surface area contributed by atoms with Gasteiger partial charge in [0.05, 0.1) is 61.1 Å². The molecule has 0 aliphatic carbocycles. The number of hydrogen-bond acceptors (Lipinski definition) is 3. The lowest BCUT2D eigenvalue weighted by Gasteiger charge is -2.21. The highest BCUT2D eigenvalue weighted by molar-refractivity contribution is 6.13. The summed E-state index contributed by atoms with van der Waals surface area (Å²) in [5.41, 5.74) is 13.5. The zero-order valence-electron chi connectivity index (χ0n) is 37.6. The summed E-state index contributed by atoms with van der Waals surface area (Å²) in [6.45, 7) is 0. The molecule has 0 saturated carbocycles. The monoisotopic (exact) mass is 893 g/mol. The average molecular weight is 894 g/mol. The standard InChI is InChI=1S/C63H39N7/c1-10-30-50-40(20-1)41-21-2-11-31-51(41)67(50)54-34-14-9-28-48(54)49-29-19-39-59(68-52-32-12-3-22-42(52)43-23-4-13-33-53(43)68)60(49)61-64-62(69-55-35-15-5-24-44(55)45-25-6-16-36-56(45)69)66-63(65-61)70-57-37-17-7-26-46(57)47-27-8-18-38-58(47)70/h1-39H. The number of nitrogens with zero attached hydrogens (tertiary/aromatic N) is 7. The fraction of sp³-hybridized carbons (Fsp3) is 0. The van der Waals surface area contributed by atoms with Crippen LogP contribution in [-0.4, -0.2) is 33.2 Å². The molecule has 10 aromatic carbocycles. The van der Waals surface area contributed by atoms with E-state index in [0.29, 0.717) is 17.7 Å². The van der Waals surface area contributed by atoms with Crippen molar-refractivity contribution in [1.29, 1.82) is 0 Å². The summed E-state index contributed by atoms with van der Waals surface area (Å²) in [6.07, 6.45) is 0. The van der Waals surface area contributed by atoms with Gasteiger partial charge in [-0.3, -0.25) is 9.13 Å². The van der Waals surface area contributed by atoms with Crippen molar-refractivity contribution in [3.05, 3.63) is 237 Å². The molecule has 15 rings (SSSR count). The van der Waals surface area contributed by atoms with Crippen LogP contribution in [-0.2, 0) is 0 Å². The first-order chi connectivity index (χ1) is 34.8. The van der Waals surface area contributed by atoms with E-state index in [1.807, 2.05) is 0 Å². The molecule has 0 amide bonds. The lowest BCUT2D eigenvalue weighted by molar-refractivity contribution is 0.892. The minimum absolute atomic E-state index is 0.526. The van der Waals surface area contributed by atoms with E-state index in [2.05, 4.69) is 255 Å². The van der Waals surface area contributed by atoms with E-state index in [-0.39, 0.29) is 0 Å². The van der Waals surface area contributed by atoms with E-state index in [1.165, 1.54) is 21.5 Å². The molecule has 7 nitrogen and oxygen atoms in total. The van der Waals surface area contributed by atoms with Crippen LogP contribution < -0.4 is 0 Å². The third kappa shape index (κ3) is 5.48. The molecule has 0 bridgehead atoms. The Hall–Kier alpha value is -9.59. The van der Waals surface area contributed by atoms with E-state index in [1.54, 1.807) is 0 Å². The van der Waals surface area contributed by atoms with Crippen molar-refractivity contribution < 1.29 is 0 Å². The van der Waals surface area contributed by atoms with Gasteiger partial charge >= 0.3 is 0 Å². The second-order valence-electron chi connectivity index (χ2n) is 18.0. The Bertz CT molecular complexity index is 4280. The zero-order chi connectivity index (χ0) is 45.9. The van der Waals surface area contributed by atoms with Gasteiger partial charge in [-0.25, -0.2) is 0 Å². The van der Waals surface area contributed by atoms with E-state index in [4.69, 9.17) is 15.0 Å². The molecule has 0 radical (unpaired) electrons. The first-order valence-electron chi connectivity index (χ1n) is 23.7. The quantitative estimate of drug-likeness (QED) is 0.167. The Morgan fingerprint density at radius 1 is 0.214 bits per heavy atom. The third-order valence-electron chi connectivity index (χ3n) is 14.3. The van der Waals surface area contributed by atoms with Crippen molar-refractivity contribution in [2.24, 2.45) is 0 Å². The molecule has 70 heavy (non-hydrogen) atoms. The largest absolute Gasteiger partial charge is 0.309 e. The lowest BCUT2D eigenvalue weighted by Crippen LogP contribution is -2.12. The minimum atomic E-state index is 0.526. The van der Waals surface area contributed by atoms with Crippen molar-refractivity contribution in [2.45, 2.75) is 0 Å². The van der Waals surface area contributed by atoms with Gasteiger partial charge in [-0.2, -0.15) is 15.0 Å². The zero-order valence-corrected chi connectivity index (χ0v) is 37.6. The first-order valence-corrected chi connectivity index (χ1v) is 23.7. The Morgan fingerprint density at radius 2 is 0.486 bits per heavy atom. The molecule has 15 aromatic rings. The number of para-hydroxylation sites is 9. The summed E-state index contributed by atoms with van der Waals surface area (Å²) in [6, 6.07) is 84.4. The first kappa shape index (κ1) is 38.5. The fourth-order valence-electron chi connectivity index (χ4n) is 11.4. The van der Waals surface area contributed by atoms with Crippen LogP contribution in [0.3, 0.4) is 0 Å². The second kappa shape index (κ2) is 15.0. The van der Waals surface area contributed by atoms with Crippen molar-refractivity contribution in [2.75, 3.05) is 0 Å². The molecule has 5 aromatic heterocycles. The summed E-state index contributed by atoms with van der Waals surface area (Å²) in [5.74, 6) is 1.60. The van der Waals surface area contributed by atoms with E-state index < -0.39 is 0 Å².